The molecule has 0 fully saturated rings. The number of aliphatic imine (C=N–C) groups is 1. The van der Waals surface area contributed by atoms with Gasteiger partial charge in [0.1, 0.15) is 0 Å². The summed E-state index contributed by atoms with van der Waals surface area (Å²) in [6.07, 6.45) is 42.6. The fourth-order valence-corrected chi connectivity index (χ4v) is 9.60. The molecule has 0 bridgehead atoms. The van der Waals surface area contributed by atoms with Crippen LogP contribution < -0.4 is 5.32 Å². The van der Waals surface area contributed by atoms with E-state index in [4.69, 9.17) is 0 Å². The lowest BCUT2D eigenvalue weighted by Crippen LogP contribution is -2.05. The number of para-hydroxylation sites is 1. The van der Waals surface area contributed by atoms with Gasteiger partial charge in [0, 0.05) is 35.9 Å². The van der Waals surface area contributed by atoms with E-state index >= 15 is 0 Å². The number of thiol groups is 2. The molecule has 0 saturated carbocycles. The molecule has 0 amide bonds. The molecule has 3 nitrogen and oxygen atoms in total. The summed E-state index contributed by atoms with van der Waals surface area (Å²) in [6.45, 7) is 28.7. The van der Waals surface area contributed by atoms with Gasteiger partial charge in [0.25, 0.3) is 0 Å². The Hall–Kier alpha value is -6.01. The van der Waals surface area contributed by atoms with Crippen molar-refractivity contribution in [3.05, 3.63) is 225 Å². The Morgan fingerprint density at radius 2 is 1.47 bits per heavy atom. The fourth-order valence-electron chi connectivity index (χ4n) is 9.50. The van der Waals surface area contributed by atoms with Crippen molar-refractivity contribution in [1.82, 2.24) is 4.57 Å². The van der Waals surface area contributed by atoms with E-state index in [1.165, 1.54) is 83.5 Å². The van der Waals surface area contributed by atoms with Crippen LogP contribution in [0.3, 0.4) is 0 Å². The average Bonchev–Trinajstić information content (AvgIpc) is 3.81. The van der Waals surface area contributed by atoms with E-state index in [1.807, 2.05) is 68.4 Å². The first kappa shape index (κ1) is 65.1. The van der Waals surface area contributed by atoms with Crippen molar-refractivity contribution in [3.8, 4) is 5.69 Å². The van der Waals surface area contributed by atoms with E-state index in [0.717, 1.165) is 68.4 Å². The number of benzene rings is 4. The number of hydrogen-bond acceptors (Lipinski definition) is 4. The topological polar surface area (TPSA) is 29.3 Å². The van der Waals surface area contributed by atoms with Crippen LogP contribution in [0.2, 0.25) is 0 Å². The fraction of sp³-hybridized carbons (Fsp3) is 0.329. The number of nitrogens with one attached hydrogen (secondary N) is 1. The predicted molar refractivity (Wildman–Crippen MR) is 350 cm³/mol. The lowest BCUT2D eigenvalue weighted by Gasteiger charge is -2.20. The molecule has 4 aromatic carbocycles. The standard InChI is InChI=1S/C54H52N2.C5H8S.C2H5N.4C2H6.CH4S/c1-3-13-41(4-2)43-24-22-38(23-25-43)32-39-15-12-20-49(34-39)56-52-31-29-44-17-10-11-21-50(44)54(52)51-30-28-46(36-53(51)56)45-27-26-42-16-9-8-14-40(33-47(42)35-45)37-55-48-18-6-5-7-19-48;1-3-4-5(2)6;1-3-2;5*1-2/h3-7,9-10,12-13,15-20,22-24,26-27,29,31,34-37,43,55H,8,11,14,21,25,28,30,32-33H2,1-2H3;3-4,6H,1H2,2H3;1H2,2H3;4*1-2H3;2H,1H3/b13-3-,16-9-,40-37-,41-4+;5-4-;;;;;;. The zero-order valence-electron chi connectivity index (χ0n) is 48.3. The molecule has 0 aliphatic heterocycles. The van der Waals surface area contributed by atoms with Crippen LogP contribution in [0.25, 0.3) is 40.4 Å². The minimum absolute atomic E-state index is 0.460. The molecule has 4 aliphatic carbocycles. The van der Waals surface area contributed by atoms with Crippen molar-refractivity contribution in [2.45, 2.75) is 134 Å². The van der Waals surface area contributed by atoms with Crippen molar-refractivity contribution in [1.29, 1.82) is 0 Å². The Kier molecular flexibility index (Phi) is 32.7. The molecule has 0 spiro atoms. The number of fused-ring (bicyclic) bond motifs is 6. The highest BCUT2D eigenvalue weighted by atomic mass is 32.1. The van der Waals surface area contributed by atoms with Crippen LogP contribution in [0.5, 0.6) is 0 Å². The van der Waals surface area contributed by atoms with Crippen LogP contribution in [0.4, 0.5) is 5.69 Å². The van der Waals surface area contributed by atoms with Gasteiger partial charge in [0.2, 0.25) is 0 Å². The molecule has 4 aliphatic rings. The second-order valence-corrected chi connectivity index (χ2v) is 17.9. The van der Waals surface area contributed by atoms with Gasteiger partial charge in [-0.3, -0.25) is 0 Å². The van der Waals surface area contributed by atoms with Gasteiger partial charge in [-0.2, -0.15) is 12.6 Å². The second kappa shape index (κ2) is 37.7. The summed E-state index contributed by atoms with van der Waals surface area (Å²) in [7, 11) is 1.64. The summed E-state index contributed by atoms with van der Waals surface area (Å²) in [5, 5.41) is 5.04. The summed E-state index contributed by atoms with van der Waals surface area (Å²) in [5.41, 5.74) is 20.6. The maximum atomic E-state index is 3.97. The summed E-state index contributed by atoms with van der Waals surface area (Å²) in [4.78, 5) is 4.24. The van der Waals surface area contributed by atoms with Crippen molar-refractivity contribution >= 4 is 72.4 Å². The van der Waals surface area contributed by atoms with Crippen LogP contribution in [-0.4, -0.2) is 24.6 Å². The van der Waals surface area contributed by atoms with Crippen molar-refractivity contribution < 1.29 is 0 Å². The molecule has 1 heterocycles. The summed E-state index contributed by atoms with van der Waals surface area (Å²) < 4.78 is 2.58. The maximum Gasteiger partial charge on any atom is 0.0540 e. The normalized spacial score (nSPS) is 15.8. The third-order valence-electron chi connectivity index (χ3n) is 12.5. The van der Waals surface area contributed by atoms with Gasteiger partial charge in [-0.05, 0) is 194 Å². The zero-order valence-corrected chi connectivity index (χ0v) is 50.1. The monoisotopic (exact) mass is 1040 g/mol. The van der Waals surface area contributed by atoms with Gasteiger partial charge in [-0.15, -0.1) is 12.6 Å². The van der Waals surface area contributed by atoms with E-state index in [9.17, 15) is 0 Å². The van der Waals surface area contributed by atoms with Gasteiger partial charge in [0.15, 0.2) is 0 Å². The molecule has 5 aromatic rings. The van der Waals surface area contributed by atoms with Crippen LogP contribution in [-0.2, 0) is 25.7 Å². The Bertz CT molecular complexity index is 2790. The van der Waals surface area contributed by atoms with Gasteiger partial charge < -0.3 is 14.9 Å². The molecule has 1 unspecified atom stereocenters. The van der Waals surface area contributed by atoms with Crippen LogP contribution >= 0.6 is 25.3 Å². The zero-order chi connectivity index (χ0) is 55.5. The summed E-state index contributed by atoms with van der Waals surface area (Å²) in [6, 6.07) is 31.7. The molecule has 400 valence electrons. The highest BCUT2D eigenvalue weighted by molar-refractivity contribution is 7.84. The van der Waals surface area contributed by atoms with Crippen LogP contribution in [0.1, 0.15) is 153 Å². The molecule has 1 atom stereocenters. The highest BCUT2D eigenvalue weighted by Crippen LogP contribution is 2.42. The molecular formula is C70H93N3S2. The Morgan fingerprint density at radius 1 is 0.787 bits per heavy atom. The van der Waals surface area contributed by atoms with E-state index < -0.39 is 0 Å². The highest BCUT2D eigenvalue weighted by Gasteiger charge is 2.26. The Balaban J connectivity index is 0.000000896. The number of rotatable bonds is 9. The summed E-state index contributed by atoms with van der Waals surface area (Å²) in [5.74, 6) is 0.460. The largest absolute Gasteiger partial charge is 0.362 e. The van der Waals surface area contributed by atoms with Crippen LogP contribution in [0, 0.1) is 5.92 Å². The lowest BCUT2D eigenvalue weighted by atomic mass is 9.85. The van der Waals surface area contributed by atoms with Crippen LogP contribution in [0.15, 0.2) is 185 Å². The van der Waals surface area contributed by atoms with E-state index in [-0.39, 0.29) is 0 Å². The van der Waals surface area contributed by atoms with E-state index in [0.29, 0.717) is 5.92 Å². The SMILES string of the molecule is C/C=C\C(=C/C)C1C=CC(Cc2cccc(-n3c4c(c5c6c(ccc53)C=CCC6)CCC(c3ccc5c(c3)C/C(=C\Nc3ccccc3)CC/C=C\5)=C4)c2)=CC1.C=C/C=C(/C)S.C=NC.CC.CC.CC.CC.CS. The molecule has 0 radical (unpaired) electrons. The molecule has 5 heteroatoms. The predicted octanol–water partition coefficient (Wildman–Crippen LogP) is 21.0. The quantitative estimate of drug-likeness (QED) is 0.0767. The molecular weight excluding hydrogens is 947 g/mol. The third kappa shape index (κ3) is 19.3. The third-order valence-corrected chi connectivity index (χ3v) is 12.7. The second-order valence-electron chi connectivity index (χ2n) is 17.2. The minimum atomic E-state index is 0.460. The molecule has 1 N–H and O–H groups in total. The summed E-state index contributed by atoms with van der Waals surface area (Å²) >= 11 is 7.50. The number of aromatic nitrogens is 1. The smallest absolute Gasteiger partial charge is 0.0540 e. The minimum Gasteiger partial charge on any atom is -0.362 e. The van der Waals surface area contributed by atoms with E-state index in [1.54, 1.807) is 19.4 Å². The number of nitrogens with zero attached hydrogens (tertiary/aromatic N) is 2. The molecule has 75 heavy (non-hydrogen) atoms. The first-order valence-electron chi connectivity index (χ1n) is 27.7. The van der Waals surface area contributed by atoms with Crippen molar-refractivity contribution in [2.75, 3.05) is 18.6 Å². The van der Waals surface area contributed by atoms with E-state index in [2.05, 4.69) is 225 Å². The van der Waals surface area contributed by atoms with Crippen molar-refractivity contribution in [2.24, 2.45) is 10.9 Å². The molecule has 1 aromatic heterocycles. The number of aryl methyl sites for hydroxylation is 2. The number of anilines is 1. The van der Waals surface area contributed by atoms with Crippen molar-refractivity contribution in [3.63, 3.8) is 0 Å². The number of hydrogen-bond donors (Lipinski definition) is 3. The van der Waals surface area contributed by atoms with Gasteiger partial charge >= 0.3 is 0 Å². The number of allylic oxidation sites excluding steroid dienone is 15. The maximum absolute atomic E-state index is 3.97. The molecule has 9 rings (SSSR count). The Morgan fingerprint density at radius 3 is 2.09 bits per heavy atom. The van der Waals surface area contributed by atoms with Gasteiger partial charge in [-0.1, -0.05) is 189 Å². The molecule has 0 saturated heterocycles. The first-order valence-corrected chi connectivity index (χ1v) is 29.1. The Labute approximate surface area is 468 Å². The van der Waals surface area contributed by atoms with Gasteiger partial charge in [0.05, 0.1) is 11.2 Å². The lowest BCUT2D eigenvalue weighted by molar-refractivity contribution is 0.773. The first-order chi connectivity index (χ1) is 36.8. The van der Waals surface area contributed by atoms with Gasteiger partial charge in [-0.25, -0.2) is 0 Å². The average molecular weight is 1040 g/mol.